The molecule has 0 amide bonds. The molecule has 0 radical (unpaired) electrons. The predicted octanol–water partition coefficient (Wildman–Crippen LogP) is 3.77. The van der Waals surface area contributed by atoms with Crippen molar-refractivity contribution in [3.8, 4) is 5.75 Å². The summed E-state index contributed by atoms with van der Waals surface area (Å²) in [4.78, 5) is 5.09. The van der Waals surface area contributed by atoms with E-state index >= 15 is 4.39 Å². The number of ether oxygens (including phenoxy) is 2. The number of hydrogen-bond donors (Lipinski definition) is 2. The Hall–Kier alpha value is -2.82. The lowest BCUT2D eigenvalue weighted by Gasteiger charge is -2.45. The van der Waals surface area contributed by atoms with E-state index in [1.165, 1.54) is 12.5 Å². The molecule has 5 rings (SSSR count). The smallest absolute Gasteiger partial charge is 0.493 e. The molecule has 16 heteroatoms. The Balaban J connectivity index is 1.45. The predicted molar refractivity (Wildman–Crippen MR) is 118 cm³/mol. The molecule has 194 valence electrons. The van der Waals surface area contributed by atoms with E-state index < -0.39 is 45.3 Å². The van der Waals surface area contributed by atoms with E-state index in [-0.39, 0.29) is 36.9 Å². The van der Waals surface area contributed by atoms with E-state index in [4.69, 9.17) is 4.74 Å². The van der Waals surface area contributed by atoms with Gasteiger partial charge in [-0.1, -0.05) is 0 Å². The monoisotopic (exact) mass is 548 g/mol. The highest BCUT2D eigenvalue weighted by Gasteiger charge is 2.42. The minimum absolute atomic E-state index is 0.0164. The molecule has 3 atom stereocenters. The lowest BCUT2D eigenvalue weighted by molar-refractivity contribution is -0.347. The first-order valence-corrected chi connectivity index (χ1v) is 13.1. The van der Waals surface area contributed by atoms with Gasteiger partial charge in [0.1, 0.15) is 22.8 Å². The number of rotatable bonds is 6. The summed E-state index contributed by atoms with van der Waals surface area (Å²) < 4.78 is 95.2. The fraction of sp³-hybridized carbons (Fsp3) is 0.450. The molecule has 2 aliphatic heterocycles. The molecule has 4 heterocycles. The molecule has 1 aromatic carbocycles. The number of halogens is 4. The summed E-state index contributed by atoms with van der Waals surface area (Å²) in [6.07, 6.45) is -2.57. The number of alkyl halides is 3. The molecule has 0 saturated carbocycles. The number of piperidine rings is 1. The largest absolute Gasteiger partial charge is 0.522 e. The molecule has 1 fully saturated rings. The molecule has 1 saturated heterocycles. The Morgan fingerprint density at radius 2 is 2.08 bits per heavy atom. The van der Waals surface area contributed by atoms with Gasteiger partial charge in [-0.05, 0) is 25.0 Å². The number of hydrogen-bond acceptors (Lipinski definition) is 9. The Morgan fingerprint density at radius 1 is 1.25 bits per heavy atom. The van der Waals surface area contributed by atoms with Gasteiger partial charge in [0, 0.05) is 48.4 Å². The van der Waals surface area contributed by atoms with E-state index in [0.717, 1.165) is 23.7 Å². The Bertz CT molecular complexity index is 1300. The van der Waals surface area contributed by atoms with Crippen molar-refractivity contribution in [2.24, 2.45) is 0 Å². The maximum Gasteiger partial charge on any atom is 0.522 e. The van der Waals surface area contributed by atoms with E-state index in [1.54, 1.807) is 6.07 Å². The summed E-state index contributed by atoms with van der Waals surface area (Å²) >= 11 is 0.800. The summed E-state index contributed by atoms with van der Waals surface area (Å²) in [5, 5.41) is 6.72. The van der Waals surface area contributed by atoms with Crippen LogP contribution in [0, 0.1) is 5.82 Å². The third-order valence-electron chi connectivity index (χ3n) is 6.12. The van der Waals surface area contributed by atoms with Crippen LogP contribution in [0.1, 0.15) is 42.6 Å². The van der Waals surface area contributed by atoms with Crippen molar-refractivity contribution in [1.82, 2.24) is 24.5 Å². The van der Waals surface area contributed by atoms with Crippen LogP contribution in [0.25, 0.3) is 0 Å². The summed E-state index contributed by atoms with van der Waals surface area (Å²) in [7, 11) is -4.31. The average molecular weight is 549 g/mol. The van der Waals surface area contributed by atoms with E-state index in [0.29, 0.717) is 17.7 Å². The second kappa shape index (κ2) is 9.57. The summed E-state index contributed by atoms with van der Waals surface area (Å²) in [6.45, 7) is 0.441. The van der Waals surface area contributed by atoms with Gasteiger partial charge in [-0.2, -0.15) is 9.47 Å². The number of likely N-dealkylation sites (tertiary alicyclic amines) is 1. The number of aromatic amines is 1. The van der Waals surface area contributed by atoms with Crippen LogP contribution in [0.2, 0.25) is 0 Å². The summed E-state index contributed by atoms with van der Waals surface area (Å²) in [5.41, 5.74) is 1.01. The zero-order valence-electron chi connectivity index (χ0n) is 18.4. The van der Waals surface area contributed by atoms with Crippen LogP contribution in [0.5, 0.6) is 5.75 Å². The van der Waals surface area contributed by atoms with E-state index in [9.17, 15) is 21.6 Å². The molecule has 0 aliphatic carbocycles. The molecule has 2 aliphatic rings. The fourth-order valence-corrected chi connectivity index (χ4v) is 6.42. The minimum atomic E-state index is -4.76. The van der Waals surface area contributed by atoms with Crippen molar-refractivity contribution < 1.29 is 35.5 Å². The maximum absolute atomic E-state index is 15.2. The third-order valence-corrected chi connectivity index (χ3v) is 8.19. The van der Waals surface area contributed by atoms with Gasteiger partial charge < -0.3 is 4.74 Å². The Morgan fingerprint density at radius 3 is 2.78 bits per heavy atom. The lowest BCUT2D eigenvalue weighted by Crippen LogP contribution is -2.44. The molecule has 0 bridgehead atoms. The van der Waals surface area contributed by atoms with Crippen LogP contribution in [0.4, 0.5) is 22.7 Å². The topological polar surface area (TPSA) is 122 Å². The fourth-order valence-electron chi connectivity index (χ4n) is 4.69. The second-order valence-corrected chi connectivity index (χ2v) is 10.7. The summed E-state index contributed by atoms with van der Waals surface area (Å²) in [5.74, 6) is -0.808. The van der Waals surface area contributed by atoms with Crippen molar-refractivity contribution in [3.63, 3.8) is 0 Å². The first-order valence-electron chi connectivity index (χ1n) is 10.9. The van der Waals surface area contributed by atoms with Crippen molar-refractivity contribution in [3.05, 3.63) is 47.8 Å². The number of nitrogens with zero attached hydrogens (tertiary/aromatic N) is 4. The van der Waals surface area contributed by atoms with Crippen LogP contribution < -0.4 is 9.46 Å². The molecule has 3 aromatic rings. The van der Waals surface area contributed by atoms with Crippen molar-refractivity contribution in [2.45, 2.75) is 48.7 Å². The highest BCUT2D eigenvalue weighted by molar-refractivity contribution is 7.93. The van der Waals surface area contributed by atoms with Gasteiger partial charge in [0.15, 0.2) is 0 Å². The van der Waals surface area contributed by atoms with Gasteiger partial charge >= 0.3 is 6.36 Å². The van der Waals surface area contributed by atoms with Gasteiger partial charge in [0.05, 0.1) is 24.4 Å². The standard InChI is InChI=1S/C20H20F4N6O4S2/c21-13-8-12-15(3-6-33-17(12)9-18(13)36(31,32)29-19-25-10-27-35-19)30-5-2-11(34-20(22,23)24)7-16(30)14-1-4-26-28-14/h1,4,8-11,15-16H,2-3,5-7H2,(H,26,28)(H,25,27,29)/t11-,15+,16+/m1/s1. The molecule has 2 aromatic heterocycles. The second-order valence-electron chi connectivity index (χ2n) is 8.30. The van der Waals surface area contributed by atoms with E-state index in [2.05, 4.69) is 29.0 Å². The zero-order valence-corrected chi connectivity index (χ0v) is 20.0. The number of sulfonamides is 1. The SMILES string of the molecule is O=S(=O)(Nc1ncns1)c1cc2c(cc1F)[C@@H](N1CC[C@@H](OC(F)(F)F)C[C@H]1c1ccn[nH]1)CCO2. The molecule has 0 unspecified atom stereocenters. The quantitative estimate of drug-likeness (QED) is 0.447. The van der Waals surface area contributed by atoms with Gasteiger partial charge in [0.25, 0.3) is 10.0 Å². The highest BCUT2D eigenvalue weighted by atomic mass is 32.2. The number of anilines is 1. The van der Waals surface area contributed by atoms with Gasteiger partial charge in [-0.15, -0.1) is 13.2 Å². The van der Waals surface area contributed by atoms with Gasteiger partial charge in [-0.25, -0.2) is 17.8 Å². The number of nitrogens with one attached hydrogen (secondary N) is 2. The number of fused-ring (bicyclic) bond motifs is 1. The third kappa shape index (κ3) is 5.16. The first-order chi connectivity index (χ1) is 17.1. The molecule has 36 heavy (non-hydrogen) atoms. The van der Waals surface area contributed by atoms with Crippen molar-refractivity contribution in [1.29, 1.82) is 0 Å². The van der Waals surface area contributed by atoms with Crippen LogP contribution >= 0.6 is 11.5 Å². The molecule has 0 spiro atoms. The van der Waals surface area contributed by atoms with Crippen LogP contribution in [0.3, 0.4) is 0 Å². The number of benzene rings is 1. The highest BCUT2D eigenvalue weighted by Crippen LogP contribution is 2.45. The lowest BCUT2D eigenvalue weighted by atomic mass is 9.90. The maximum atomic E-state index is 15.2. The number of H-pyrrole nitrogens is 1. The van der Waals surface area contributed by atoms with Gasteiger partial charge in [0.2, 0.25) is 5.13 Å². The van der Waals surface area contributed by atoms with E-state index in [1.807, 2.05) is 4.90 Å². The zero-order chi connectivity index (χ0) is 25.5. The van der Waals surface area contributed by atoms with Crippen LogP contribution in [0.15, 0.2) is 35.6 Å². The minimum Gasteiger partial charge on any atom is -0.493 e. The molecular weight excluding hydrogens is 528 g/mol. The molecule has 2 N–H and O–H groups in total. The van der Waals surface area contributed by atoms with Crippen molar-refractivity contribution >= 4 is 26.7 Å². The Labute approximate surface area is 206 Å². The van der Waals surface area contributed by atoms with Crippen molar-refractivity contribution in [2.75, 3.05) is 17.9 Å². The van der Waals surface area contributed by atoms with Crippen LogP contribution in [-0.2, 0) is 14.8 Å². The van der Waals surface area contributed by atoms with Crippen LogP contribution in [-0.4, -0.2) is 58.5 Å². The number of aromatic nitrogens is 4. The average Bonchev–Trinajstić information content (AvgIpc) is 3.51. The first kappa shape index (κ1) is 24.9. The Kier molecular flexibility index (Phi) is 6.61. The molecule has 10 nitrogen and oxygen atoms in total. The summed E-state index contributed by atoms with van der Waals surface area (Å²) in [6, 6.07) is 2.94. The normalized spacial score (nSPS) is 23.2. The van der Waals surface area contributed by atoms with Gasteiger partial charge in [-0.3, -0.25) is 19.5 Å². The molecular formula is C20H20F4N6O4S2.